The van der Waals surface area contributed by atoms with Crippen molar-refractivity contribution in [1.82, 2.24) is 0 Å². The van der Waals surface area contributed by atoms with Crippen LogP contribution < -0.4 is 0 Å². The van der Waals surface area contributed by atoms with Gasteiger partial charge in [0.2, 0.25) is 0 Å². The number of aliphatic hydroxyl groups excluding tert-OH is 1. The molecule has 0 fully saturated rings. The van der Waals surface area contributed by atoms with Crippen LogP contribution in [-0.4, -0.2) is 17.0 Å². The first kappa shape index (κ1) is 16.4. The van der Waals surface area contributed by atoms with Crippen LogP contribution in [0.5, 0.6) is 0 Å². The minimum Gasteiger partial charge on any atom is -0.396 e. The maximum atomic E-state index is 8.26. The minimum absolute atomic E-state index is 0.313. The monoisotopic (exact) mass is 262 g/mol. The van der Waals surface area contributed by atoms with Gasteiger partial charge < -0.3 is 5.11 Å². The number of halogens is 1. The number of allylic oxidation sites excluding steroid dienone is 2. The van der Waals surface area contributed by atoms with Crippen LogP contribution in [-0.2, 0) is 0 Å². The molecule has 0 unspecified atom stereocenters. The summed E-state index contributed by atoms with van der Waals surface area (Å²) in [5, 5.41) is 9.38. The maximum Gasteiger partial charge on any atom is 0.0431 e. The number of aliphatic hydroxyl groups is 1. The highest BCUT2D eigenvalue weighted by Gasteiger charge is 1.79. The molecule has 0 saturated heterocycles. The molecule has 0 aliphatic carbocycles. The lowest BCUT2D eigenvalue weighted by Crippen LogP contribution is -1.79. The molecule has 0 aromatic heterocycles. The van der Waals surface area contributed by atoms with Crippen LogP contribution in [0.4, 0.5) is 0 Å². The van der Waals surface area contributed by atoms with Gasteiger partial charge >= 0.3 is 0 Å². The second kappa shape index (κ2) is 18.7. The lowest BCUT2D eigenvalue weighted by molar-refractivity contribution is 0.285. The van der Waals surface area contributed by atoms with Crippen molar-refractivity contribution in [2.24, 2.45) is 0 Å². The molecular weight excluding hydrogens is 240 g/mol. The predicted molar refractivity (Wildman–Crippen MR) is 69.0 cm³/mol. The van der Waals surface area contributed by atoms with E-state index >= 15 is 0 Å². The third-order valence-corrected chi connectivity index (χ3v) is 2.17. The molecule has 1 nitrogen and oxygen atoms in total. The lowest BCUT2D eigenvalue weighted by atomic mass is 10.2. The summed E-state index contributed by atoms with van der Waals surface area (Å²) < 4.78 is 0. The van der Waals surface area contributed by atoms with E-state index in [4.69, 9.17) is 5.11 Å². The van der Waals surface area contributed by atoms with E-state index in [1.807, 2.05) is 12.2 Å². The Hall–Kier alpha value is -0.0800. The van der Waals surface area contributed by atoms with Crippen LogP contribution in [0, 0.1) is 0 Å². The summed E-state index contributed by atoms with van der Waals surface area (Å²) in [5.41, 5.74) is 0. The minimum atomic E-state index is 0.313. The van der Waals surface area contributed by atoms with E-state index in [9.17, 15) is 0 Å². The summed E-state index contributed by atoms with van der Waals surface area (Å²) in [4.78, 5) is 0. The molecule has 0 atom stereocenters. The summed E-state index contributed by atoms with van der Waals surface area (Å²) in [6.45, 7) is 7.48. The third-order valence-electron chi connectivity index (χ3n) is 1.61. The Morgan fingerprint density at radius 1 is 0.929 bits per heavy atom. The molecule has 2 heteroatoms. The molecule has 0 radical (unpaired) electrons. The molecule has 0 heterocycles. The van der Waals surface area contributed by atoms with E-state index < -0.39 is 0 Å². The van der Waals surface area contributed by atoms with Gasteiger partial charge in [0.15, 0.2) is 0 Å². The summed E-state index contributed by atoms with van der Waals surface area (Å²) in [6, 6.07) is 0. The van der Waals surface area contributed by atoms with E-state index in [1.54, 1.807) is 0 Å². The zero-order valence-electron chi connectivity index (χ0n) is 9.05. The number of rotatable bonds is 8. The molecule has 84 valence electrons. The fourth-order valence-electron chi connectivity index (χ4n) is 0.784. The fourth-order valence-corrected chi connectivity index (χ4v) is 1.18. The van der Waals surface area contributed by atoms with E-state index in [0.717, 1.165) is 31.0 Å². The van der Waals surface area contributed by atoms with Crippen LogP contribution in [0.25, 0.3) is 0 Å². The summed E-state index contributed by atoms with van der Waals surface area (Å²) in [5.74, 6) is 0. The first-order valence-corrected chi connectivity index (χ1v) is 6.34. The standard InChI is InChI=1S/C6H11Br.C6H12O/c2*1-2-3-4-5-6-7/h2H,1,3-6H2;2,7H,1,3-6H2. The number of hydrogen-bond acceptors (Lipinski definition) is 1. The Kier molecular flexibility index (Phi) is 21.8. The molecule has 0 saturated carbocycles. The van der Waals surface area contributed by atoms with Gasteiger partial charge in [-0.15, -0.1) is 13.2 Å². The number of unbranched alkanes of at least 4 members (excludes halogenated alkanes) is 4. The topological polar surface area (TPSA) is 20.2 Å². The molecule has 0 aliphatic heterocycles. The van der Waals surface area contributed by atoms with Gasteiger partial charge in [0.25, 0.3) is 0 Å². The molecule has 1 N–H and O–H groups in total. The van der Waals surface area contributed by atoms with Gasteiger partial charge in [0.05, 0.1) is 0 Å². The largest absolute Gasteiger partial charge is 0.396 e. The Labute approximate surface area is 97.0 Å². The Bertz CT molecular complexity index is 98.9. The van der Waals surface area contributed by atoms with Crippen LogP contribution >= 0.6 is 15.9 Å². The first-order chi connectivity index (χ1) is 6.83. The molecule has 14 heavy (non-hydrogen) atoms. The normalized spacial score (nSPS) is 8.71. The van der Waals surface area contributed by atoms with Crippen LogP contribution in [0.15, 0.2) is 25.3 Å². The average Bonchev–Trinajstić information content (AvgIpc) is 2.21. The van der Waals surface area contributed by atoms with Crippen molar-refractivity contribution in [2.45, 2.75) is 38.5 Å². The van der Waals surface area contributed by atoms with Gasteiger partial charge in [-0.05, 0) is 38.5 Å². The van der Waals surface area contributed by atoms with E-state index in [0.29, 0.717) is 6.61 Å². The highest BCUT2D eigenvalue weighted by atomic mass is 79.9. The van der Waals surface area contributed by atoms with Crippen molar-refractivity contribution >= 4 is 15.9 Å². The van der Waals surface area contributed by atoms with Crippen molar-refractivity contribution in [3.63, 3.8) is 0 Å². The molecule has 0 aliphatic rings. The second-order valence-corrected chi connectivity index (χ2v) is 3.77. The first-order valence-electron chi connectivity index (χ1n) is 5.22. The smallest absolute Gasteiger partial charge is 0.0431 e. The van der Waals surface area contributed by atoms with Crippen molar-refractivity contribution in [3.05, 3.63) is 25.3 Å². The molecule has 0 aromatic carbocycles. The van der Waals surface area contributed by atoms with Gasteiger partial charge in [-0.3, -0.25) is 0 Å². The molecule has 0 aromatic rings. The van der Waals surface area contributed by atoms with Gasteiger partial charge in [-0.2, -0.15) is 0 Å². The van der Waals surface area contributed by atoms with E-state index in [1.165, 1.54) is 12.8 Å². The van der Waals surface area contributed by atoms with Gasteiger partial charge in [-0.25, -0.2) is 0 Å². The fraction of sp³-hybridized carbons (Fsp3) is 0.667. The predicted octanol–water partition coefficient (Wildman–Crippen LogP) is 4.07. The van der Waals surface area contributed by atoms with Crippen molar-refractivity contribution in [2.75, 3.05) is 11.9 Å². The van der Waals surface area contributed by atoms with E-state index in [-0.39, 0.29) is 0 Å². The van der Waals surface area contributed by atoms with Crippen LogP contribution in [0.3, 0.4) is 0 Å². The summed E-state index contributed by atoms with van der Waals surface area (Å²) in [6.07, 6.45) is 10.5. The highest BCUT2D eigenvalue weighted by Crippen LogP contribution is 1.97. The Morgan fingerprint density at radius 3 is 1.79 bits per heavy atom. The molecule has 0 rings (SSSR count). The molecular formula is C12H23BrO. The van der Waals surface area contributed by atoms with Crippen LogP contribution in [0.1, 0.15) is 38.5 Å². The van der Waals surface area contributed by atoms with Crippen molar-refractivity contribution in [3.8, 4) is 0 Å². The summed E-state index contributed by atoms with van der Waals surface area (Å²) >= 11 is 3.35. The third kappa shape index (κ3) is 22.7. The number of hydrogen-bond donors (Lipinski definition) is 1. The lowest BCUT2D eigenvalue weighted by Gasteiger charge is -1.87. The van der Waals surface area contributed by atoms with Crippen molar-refractivity contribution in [1.29, 1.82) is 0 Å². The van der Waals surface area contributed by atoms with Crippen molar-refractivity contribution < 1.29 is 5.11 Å². The van der Waals surface area contributed by atoms with Gasteiger partial charge in [0.1, 0.15) is 0 Å². The van der Waals surface area contributed by atoms with Gasteiger partial charge in [0, 0.05) is 11.9 Å². The van der Waals surface area contributed by atoms with Crippen LogP contribution in [0.2, 0.25) is 0 Å². The van der Waals surface area contributed by atoms with Gasteiger partial charge in [-0.1, -0.05) is 28.1 Å². The maximum absolute atomic E-state index is 8.26. The molecule has 0 spiro atoms. The summed E-state index contributed by atoms with van der Waals surface area (Å²) in [7, 11) is 0. The zero-order valence-corrected chi connectivity index (χ0v) is 10.6. The molecule has 0 bridgehead atoms. The van der Waals surface area contributed by atoms with E-state index in [2.05, 4.69) is 29.1 Å². The second-order valence-electron chi connectivity index (χ2n) is 2.98. The Morgan fingerprint density at radius 2 is 1.43 bits per heavy atom. The average molecular weight is 263 g/mol. The SMILES string of the molecule is C=CCCCCBr.C=CCCCCO. The highest BCUT2D eigenvalue weighted by molar-refractivity contribution is 9.09. The molecule has 0 amide bonds. The Balaban J connectivity index is 0. The zero-order chi connectivity index (χ0) is 11.1. The number of alkyl halides is 1. The quantitative estimate of drug-likeness (QED) is 0.397.